The van der Waals surface area contributed by atoms with Crippen LogP contribution in [-0.4, -0.2) is 23.8 Å². The molecule has 0 aromatic carbocycles. The van der Waals surface area contributed by atoms with Gasteiger partial charge >= 0.3 is 0 Å². The first-order valence-corrected chi connectivity index (χ1v) is 6.54. The third kappa shape index (κ3) is 4.12. The van der Waals surface area contributed by atoms with Gasteiger partial charge < -0.3 is 10.4 Å². The first-order chi connectivity index (χ1) is 7.17. The minimum absolute atomic E-state index is 0.305. The summed E-state index contributed by atoms with van der Waals surface area (Å²) < 4.78 is 0. The number of nitrogens with one attached hydrogen (secondary N) is 1. The van der Waals surface area contributed by atoms with E-state index in [1.165, 1.54) is 25.7 Å². The molecule has 15 heavy (non-hydrogen) atoms. The van der Waals surface area contributed by atoms with Gasteiger partial charge in [-0.1, -0.05) is 27.2 Å². The van der Waals surface area contributed by atoms with Crippen LogP contribution >= 0.6 is 0 Å². The summed E-state index contributed by atoms with van der Waals surface area (Å²) in [5, 5.41) is 12.7. The summed E-state index contributed by atoms with van der Waals surface area (Å²) in [4.78, 5) is 0. The molecule has 0 spiro atoms. The van der Waals surface area contributed by atoms with Gasteiger partial charge in [-0.05, 0) is 37.5 Å². The largest absolute Gasteiger partial charge is 0.396 e. The predicted molar refractivity (Wildman–Crippen MR) is 64.9 cm³/mol. The maximum absolute atomic E-state index is 9.02. The van der Waals surface area contributed by atoms with Crippen LogP contribution in [0.5, 0.6) is 0 Å². The van der Waals surface area contributed by atoms with E-state index in [1.54, 1.807) is 0 Å². The molecule has 0 aromatic rings. The van der Waals surface area contributed by atoms with E-state index in [4.69, 9.17) is 5.11 Å². The Balaban J connectivity index is 2.32. The molecule has 0 amide bonds. The third-order valence-corrected chi connectivity index (χ3v) is 3.81. The zero-order chi connectivity index (χ0) is 11.3. The molecule has 1 aliphatic carbocycles. The van der Waals surface area contributed by atoms with Crippen molar-refractivity contribution in [2.45, 2.75) is 65.0 Å². The molecular weight excluding hydrogens is 186 g/mol. The van der Waals surface area contributed by atoms with Gasteiger partial charge in [-0.2, -0.15) is 0 Å². The predicted octanol–water partition coefficient (Wildman–Crippen LogP) is 2.56. The molecule has 1 saturated carbocycles. The molecule has 0 aromatic heterocycles. The molecule has 2 nitrogen and oxygen atoms in total. The molecule has 1 rings (SSSR count). The second kappa shape index (κ2) is 6.49. The summed E-state index contributed by atoms with van der Waals surface area (Å²) in [6, 6.07) is 1.20. The highest BCUT2D eigenvalue weighted by Crippen LogP contribution is 2.28. The minimum Gasteiger partial charge on any atom is -0.396 e. The van der Waals surface area contributed by atoms with Crippen molar-refractivity contribution >= 4 is 0 Å². The van der Waals surface area contributed by atoms with Crippen LogP contribution in [0.25, 0.3) is 0 Å². The summed E-state index contributed by atoms with van der Waals surface area (Å²) in [6.45, 7) is 7.07. The molecular formula is C13H27NO. The van der Waals surface area contributed by atoms with Crippen molar-refractivity contribution in [1.82, 2.24) is 5.32 Å². The highest BCUT2D eigenvalue weighted by atomic mass is 16.3. The van der Waals surface area contributed by atoms with Gasteiger partial charge in [0, 0.05) is 18.7 Å². The van der Waals surface area contributed by atoms with Crippen molar-refractivity contribution in [2.24, 2.45) is 11.8 Å². The van der Waals surface area contributed by atoms with E-state index in [2.05, 4.69) is 26.1 Å². The van der Waals surface area contributed by atoms with Crippen molar-refractivity contribution in [3.8, 4) is 0 Å². The molecule has 3 unspecified atom stereocenters. The second-order valence-electron chi connectivity index (χ2n) is 5.31. The maximum atomic E-state index is 9.02. The van der Waals surface area contributed by atoms with Crippen LogP contribution in [-0.2, 0) is 0 Å². The first-order valence-electron chi connectivity index (χ1n) is 6.54. The minimum atomic E-state index is 0.305. The van der Waals surface area contributed by atoms with Gasteiger partial charge in [0.25, 0.3) is 0 Å². The SMILES string of the molecule is CCC1CCC(NC(CCO)C(C)C)C1. The summed E-state index contributed by atoms with van der Waals surface area (Å²) in [5.41, 5.74) is 0. The summed E-state index contributed by atoms with van der Waals surface area (Å²) in [6.07, 6.45) is 6.27. The van der Waals surface area contributed by atoms with Gasteiger partial charge in [-0.3, -0.25) is 0 Å². The van der Waals surface area contributed by atoms with Crippen molar-refractivity contribution in [3.63, 3.8) is 0 Å². The molecule has 1 aliphatic rings. The van der Waals surface area contributed by atoms with E-state index in [0.717, 1.165) is 12.3 Å². The van der Waals surface area contributed by atoms with Crippen LogP contribution in [0.3, 0.4) is 0 Å². The van der Waals surface area contributed by atoms with Crippen LogP contribution in [0, 0.1) is 11.8 Å². The Labute approximate surface area is 94.5 Å². The van der Waals surface area contributed by atoms with Crippen molar-refractivity contribution < 1.29 is 5.11 Å². The number of aliphatic hydroxyl groups is 1. The zero-order valence-corrected chi connectivity index (χ0v) is 10.5. The Kier molecular flexibility index (Phi) is 5.62. The second-order valence-corrected chi connectivity index (χ2v) is 5.31. The van der Waals surface area contributed by atoms with E-state index < -0.39 is 0 Å². The van der Waals surface area contributed by atoms with Gasteiger partial charge in [0.1, 0.15) is 0 Å². The third-order valence-electron chi connectivity index (χ3n) is 3.81. The number of rotatable bonds is 6. The molecule has 0 bridgehead atoms. The zero-order valence-electron chi connectivity index (χ0n) is 10.5. The van der Waals surface area contributed by atoms with Crippen LogP contribution in [0.2, 0.25) is 0 Å². The van der Waals surface area contributed by atoms with E-state index in [1.807, 2.05) is 0 Å². The normalized spacial score (nSPS) is 28.6. The summed E-state index contributed by atoms with van der Waals surface area (Å²) >= 11 is 0. The molecule has 0 saturated heterocycles. The molecule has 90 valence electrons. The smallest absolute Gasteiger partial charge is 0.0445 e. The Morgan fingerprint density at radius 3 is 2.53 bits per heavy atom. The van der Waals surface area contributed by atoms with Gasteiger partial charge in [0.05, 0.1) is 0 Å². The Morgan fingerprint density at radius 1 is 1.33 bits per heavy atom. The van der Waals surface area contributed by atoms with Gasteiger partial charge in [0.2, 0.25) is 0 Å². The lowest BCUT2D eigenvalue weighted by Crippen LogP contribution is -2.40. The molecule has 0 aliphatic heterocycles. The number of hydrogen-bond acceptors (Lipinski definition) is 2. The lowest BCUT2D eigenvalue weighted by atomic mass is 9.99. The van der Waals surface area contributed by atoms with Crippen LogP contribution < -0.4 is 5.32 Å². The van der Waals surface area contributed by atoms with E-state index in [0.29, 0.717) is 24.6 Å². The van der Waals surface area contributed by atoms with E-state index >= 15 is 0 Å². The monoisotopic (exact) mass is 213 g/mol. The summed E-state index contributed by atoms with van der Waals surface area (Å²) in [5.74, 6) is 1.56. The van der Waals surface area contributed by atoms with Crippen molar-refractivity contribution in [2.75, 3.05) is 6.61 Å². The maximum Gasteiger partial charge on any atom is 0.0445 e. The fourth-order valence-corrected chi connectivity index (χ4v) is 2.65. The van der Waals surface area contributed by atoms with E-state index in [9.17, 15) is 0 Å². The first kappa shape index (κ1) is 13.0. The molecule has 1 fully saturated rings. The topological polar surface area (TPSA) is 32.3 Å². The molecule has 3 atom stereocenters. The van der Waals surface area contributed by atoms with Crippen LogP contribution in [0.1, 0.15) is 52.9 Å². The number of aliphatic hydroxyl groups excluding tert-OH is 1. The highest BCUT2D eigenvalue weighted by molar-refractivity contribution is 4.83. The quantitative estimate of drug-likeness (QED) is 0.711. The van der Waals surface area contributed by atoms with Crippen LogP contribution in [0.4, 0.5) is 0 Å². The Hall–Kier alpha value is -0.0800. The average Bonchev–Trinajstić information content (AvgIpc) is 2.65. The van der Waals surface area contributed by atoms with Crippen LogP contribution in [0.15, 0.2) is 0 Å². The highest BCUT2D eigenvalue weighted by Gasteiger charge is 2.25. The van der Waals surface area contributed by atoms with Crippen molar-refractivity contribution in [1.29, 1.82) is 0 Å². The molecule has 2 N–H and O–H groups in total. The Morgan fingerprint density at radius 2 is 2.07 bits per heavy atom. The van der Waals surface area contributed by atoms with Gasteiger partial charge in [-0.25, -0.2) is 0 Å². The number of hydrogen-bond donors (Lipinski definition) is 2. The van der Waals surface area contributed by atoms with Gasteiger partial charge in [0.15, 0.2) is 0 Å². The lowest BCUT2D eigenvalue weighted by Gasteiger charge is -2.25. The fraction of sp³-hybridized carbons (Fsp3) is 1.00. The Bertz CT molecular complexity index is 170. The summed E-state index contributed by atoms with van der Waals surface area (Å²) in [7, 11) is 0. The molecule has 0 radical (unpaired) electrons. The molecule has 2 heteroatoms. The van der Waals surface area contributed by atoms with E-state index in [-0.39, 0.29) is 0 Å². The lowest BCUT2D eigenvalue weighted by molar-refractivity contribution is 0.234. The standard InChI is InChI=1S/C13H27NO/c1-4-11-5-6-12(9-11)14-13(7-8-15)10(2)3/h10-15H,4-9H2,1-3H3. The molecule has 0 heterocycles. The van der Waals surface area contributed by atoms with Crippen molar-refractivity contribution in [3.05, 3.63) is 0 Å². The average molecular weight is 213 g/mol. The van der Waals surface area contributed by atoms with Gasteiger partial charge in [-0.15, -0.1) is 0 Å². The fourth-order valence-electron chi connectivity index (χ4n) is 2.65.